The number of unbranched alkanes of at least 4 members (excludes halogenated alkanes) is 5. The van der Waals surface area contributed by atoms with Crippen molar-refractivity contribution >= 4 is 35.2 Å². The van der Waals surface area contributed by atoms with Gasteiger partial charge in [-0.2, -0.15) is 0 Å². The van der Waals surface area contributed by atoms with E-state index in [1.54, 1.807) is 5.38 Å². The van der Waals surface area contributed by atoms with Crippen LogP contribution in [0.1, 0.15) is 207 Å². The first-order valence-electron chi connectivity index (χ1n) is 23.6. The first kappa shape index (κ1) is 65.3. The monoisotopic (exact) mass is 892 g/mol. The zero-order chi connectivity index (χ0) is 48.5. The van der Waals surface area contributed by atoms with Crippen molar-refractivity contribution in [2.75, 3.05) is 25.9 Å². The second kappa shape index (κ2) is 43.0. The number of hydrogen-bond donors (Lipinski definition) is 5. The van der Waals surface area contributed by atoms with Crippen molar-refractivity contribution < 1.29 is 24.6 Å². The minimum atomic E-state index is -0.630. The maximum atomic E-state index is 12.9. The van der Waals surface area contributed by atoms with Crippen molar-refractivity contribution in [2.24, 2.45) is 28.9 Å². The van der Waals surface area contributed by atoms with Gasteiger partial charge in [0, 0.05) is 29.4 Å². The van der Waals surface area contributed by atoms with E-state index in [-0.39, 0.29) is 29.8 Å². The summed E-state index contributed by atoms with van der Waals surface area (Å²) in [5.74, 6) is 1.32. The minimum Gasteiger partial charge on any atom is -0.483 e. The van der Waals surface area contributed by atoms with E-state index in [4.69, 9.17) is 15.6 Å². The average molecular weight is 892 g/mol. The molecule has 0 radical (unpaired) electrons. The molecule has 1 aliphatic heterocycles. The number of anilines is 1. The Balaban J connectivity index is -0.000000423. The van der Waals surface area contributed by atoms with Crippen LogP contribution in [0.2, 0.25) is 0 Å². The first-order valence-corrected chi connectivity index (χ1v) is 24.5. The molecular weight excluding hydrogens is 795 g/mol. The average Bonchev–Trinajstić information content (AvgIpc) is 3.71. The minimum absolute atomic E-state index is 0.0165. The maximum absolute atomic E-state index is 12.9. The summed E-state index contributed by atoms with van der Waals surface area (Å²) in [5.41, 5.74) is 12.7. The lowest BCUT2D eigenvalue weighted by Crippen LogP contribution is -2.39. The summed E-state index contributed by atoms with van der Waals surface area (Å²) in [4.78, 5) is 39.0. The Kier molecular flexibility index (Phi) is 45.3. The number of aliphatic hydroxyl groups is 1. The van der Waals surface area contributed by atoms with Crippen LogP contribution >= 0.6 is 11.3 Å². The summed E-state index contributed by atoms with van der Waals surface area (Å²) in [7, 11) is 2.19. The van der Waals surface area contributed by atoms with Crippen LogP contribution in [0.3, 0.4) is 0 Å². The number of aromatic nitrogens is 1. The van der Waals surface area contributed by atoms with Gasteiger partial charge in [-0.15, -0.1) is 11.3 Å². The van der Waals surface area contributed by atoms with Crippen molar-refractivity contribution in [2.45, 2.75) is 198 Å². The lowest BCUT2D eigenvalue weighted by molar-refractivity contribution is -0.123. The Morgan fingerprint density at radius 3 is 1.79 bits per heavy atom. The molecule has 1 saturated heterocycles. The Morgan fingerprint density at radius 2 is 1.40 bits per heavy atom. The van der Waals surface area contributed by atoms with Gasteiger partial charge in [0.1, 0.15) is 22.6 Å². The highest BCUT2D eigenvalue weighted by Gasteiger charge is 2.24. The highest BCUT2D eigenvalue weighted by molar-refractivity contribution is 7.09. The fourth-order valence-corrected chi connectivity index (χ4v) is 6.55. The normalized spacial score (nSPS) is 13.4. The van der Waals surface area contributed by atoms with E-state index in [0.717, 1.165) is 43.4 Å². The fourth-order valence-electron chi connectivity index (χ4n) is 5.75. The van der Waals surface area contributed by atoms with Crippen LogP contribution in [0.15, 0.2) is 42.4 Å². The molecule has 362 valence electrons. The molecule has 0 spiro atoms. The highest BCUT2D eigenvalue weighted by atomic mass is 32.1. The first-order chi connectivity index (χ1) is 29.2. The molecule has 62 heavy (non-hydrogen) atoms. The van der Waals surface area contributed by atoms with E-state index in [2.05, 4.69) is 111 Å². The van der Waals surface area contributed by atoms with E-state index >= 15 is 0 Å². The number of carbonyl (C=O) groups excluding carboxylic acids is 2. The van der Waals surface area contributed by atoms with Gasteiger partial charge in [-0.25, -0.2) is 4.98 Å². The number of carboxylic acid groups (broad SMARTS) is 1. The lowest BCUT2D eigenvalue weighted by Gasteiger charge is -2.27. The molecule has 1 fully saturated rings. The second-order valence-electron chi connectivity index (χ2n) is 18.1. The van der Waals surface area contributed by atoms with Crippen LogP contribution in [0.5, 0.6) is 0 Å². The number of benzene rings is 1. The summed E-state index contributed by atoms with van der Waals surface area (Å²) < 4.78 is 0. The number of nitrogens with one attached hydrogen (secondary N) is 1. The largest absolute Gasteiger partial charge is 0.483 e. The summed E-state index contributed by atoms with van der Waals surface area (Å²) in [6.45, 7) is 33.2. The topological polar surface area (TPSA) is 172 Å². The molecule has 11 heteroatoms. The number of thiazole rings is 1. The quantitative estimate of drug-likeness (QED) is 0.0589. The number of aliphatic hydroxyl groups excluding tert-OH is 1. The van der Waals surface area contributed by atoms with Crippen LogP contribution in [0.25, 0.3) is 0 Å². The van der Waals surface area contributed by atoms with Gasteiger partial charge in [0.05, 0.1) is 0 Å². The lowest BCUT2D eigenvalue weighted by atomic mass is 9.85. The van der Waals surface area contributed by atoms with Gasteiger partial charge in [-0.3, -0.25) is 14.4 Å². The maximum Gasteiger partial charge on any atom is 0.290 e. The van der Waals surface area contributed by atoms with E-state index < -0.39 is 6.10 Å². The Morgan fingerprint density at radius 1 is 0.919 bits per heavy atom. The van der Waals surface area contributed by atoms with Crippen LogP contribution in [0.4, 0.5) is 5.69 Å². The molecular formula is C51H97N5O5S. The van der Waals surface area contributed by atoms with Crippen LogP contribution in [-0.4, -0.2) is 64.4 Å². The molecule has 1 aromatic heterocycles. The number of ketones is 1. The second-order valence-corrected chi connectivity index (χ2v) is 19.0. The molecule has 2 aromatic rings. The Labute approximate surface area is 385 Å². The molecule has 3 atom stereocenters. The molecule has 0 aliphatic carbocycles. The Hall–Kier alpha value is -3.28. The molecule has 3 rings (SSSR count). The van der Waals surface area contributed by atoms with Gasteiger partial charge in [0.25, 0.3) is 12.4 Å². The van der Waals surface area contributed by atoms with Crippen molar-refractivity contribution in [1.29, 1.82) is 0 Å². The highest BCUT2D eigenvalue weighted by Crippen LogP contribution is 2.28. The van der Waals surface area contributed by atoms with Gasteiger partial charge in [-0.05, 0) is 99.8 Å². The molecule has 1 aromatic carbocycles. The van der Waals surface area contributed by atoms with Crippen molar-refractivity contribution in [3.8, 4) is 0 Å². The van der Waals surface area contributed by atoms with E-state index in [1.165, 1.54) is 88.4 Å². The summed E-state index contributed by atoms with van der Waals surface area (Å²) in [6, 6.07) is 7.77. The van der Waals surface area contributed by atoms with E-state index in [0.29, 0.717) is 34.7 Å². The number of nitrogen functional groups attached to an aromatic ring is 1. The van der Waals surface area contributed by atoms with Gasteiger partial charge in [0.15, 0.2) is 0 Å². The molecule has 10 nitrogen and oxygen atoms in total. The number of Topliss-reactive ketones (excluding diaryl/α,β-unsaturated/α-hetero) is 1. The van der Waals surface area contributed by atoms with Crippen molar-refractivity contribution in [1.82, 2.24) is 15.2 Å². The van der Waals surface area contributed by atoms with Gasteiger partial charge in [-0.1, -0.05) is 160 Å². The summed E-state index contributed by atoms with van der Waals surface area (Å²) in [6.07, 6.45) is 18.3. The molecule has 1 amide bonds. The molecule has 0 bridgehead atoms. The third-order valence-electron chi connectivity index (χ3n) is 9.64. The number of likely N-dealkylation sites (tertiary alicyclic amines) is 1. The number of nitrogens with zero attached hydrogens (tertiary/aromatic N) is 2. The predicted molar refractivity (Wildman–Crippen MR) is 270 cm³/mol. The number of rotatable bonds is 17. The zero-order valence-electron chi connectivity index (χ0n) is 42.2. The summed E-state index contributed by atoms with van der Waals surface area (Å²) in [5, 5.41) is 22.9. The standard InChI is InChI=1S/C24H37N3O2S.C8H16O.C7H16.C6H13N.C3H8.C2H5N.CH2O2/c1-15(2)16(3)11-21(28)23-27-20(14-30-23)22(29)26-19(13-24(4,5)6)12-17-7-9-18(25)10-8-17;1-4-5-6-8(9)7(2)3;1-3-5-7-6-4-2;1-7-5-3-2-4-6-7;1-3-2;1-2-3;2-1-3/h7-10,14-16,19,21,28H,11-13,25H2,1-6H3,(H,26,29);7H,4-6H2,1-3H3;3-7H2,1-2H3;2-6H2,1H3;3H2,1-2H3;2H,1,3H2;1H,(H,2,3). The van der Waals surface area contributed by atoms with Crippen molar-refractivity contribution in [3.63, 3.8) is 0 Å². The predicted octanol–water partition coefficient (Wildman–Crippen LogP) is 12.9. The third-order valence-corrected chi connectivity index (χ3v) is 10.6. The Bertz CT molecular complexity index is 1310. The molecule has 1 aliphatic rings. The van der Waals surface area contributed by atoms with Crippen LogP contribution in [-0.2, 0) is 16.0 Å². The third kappa shape index (κ3) is 42.0. The molecule has 0 saturated carbocycles. The van der Waals surface area contributed by atoms with E-state index in [1.807, 2.05) is 38.1 Å². The number of hydrogen-bond acceptors (Lipinski definition) is 9. The SMILES string of the molecule is C=CN.CC(C)C(C)CC(O)c1nc(C(=O)NC(Cc2ccc(N)cc2)CC(C)(C)C)cs1.CCC.CCCCC(=O)C(C)C.CCCCCCC.CN1CCCCC1.O=CO. The van der Waals surface area contributed by atoms with Crippen LogP contribution < -0.4 is 16.8 Å². The number of amides is 1. The van der Waals surface area contributed by atoms with Crippen LogP contribution in [0, 0.1) is 23.2 Å². The molecule has 3 unspecified atom stereocenters. The number of nitrogens with two attached hydrogens (primary N) is 2. The molecule has 2 heterocycles. The van der Waals surface area contributed by atoms with E-state index in [9.17, 15) is 14.7 Å². The number of carbonyl (C=O) groups is 3. The fraction of sp³-hybridized carbons (Fsp3) is 0.725. The van der Waals surface area contributed by atoms with Gasteiger partial charge in [0.2, 0.25) is 0 Å². The van der Waals surface area contributed by atoms with Gasteiger partial charge >= 0.3 is 0 Å². The summed E-state index contributed by atoms with van der Waals surface area (Å²) >= 11 is 1.35. The van der Waals surface area contributed by atoms with Crippen molar-refractivity contribution in [3.05, 3.63) is 58.7 Å². The zero-order valence-corrected chi connectivity index (χ0v) is 43.0. The smallest absolute Gasteiger partial charge is 0.290 e. The number of piperidine rings is 1. The van der Waals surface area contributed by atoms with Gasteiger partial charge < -0.3 is 31.9 Å². The molecule has 7 N–H and O–H groups in total.